The van der Waals surface area contributed by atoms with Crippen LogP contribution >= 0.6 is 0 Å². The van der Waals surface area contributed by atoms with E-state index in [0.29, 0.717) is 25.1 Å². The summed E-state index contributed by atoms with van der Waals surface area (Å²) in [5, 5.41) is 19.9. The van der Waals surface area contributed by atoms with Gasteiger partial charge in [-0.15, -0.1) is 0 Å². The van der Waals surface area contributed by atoms with Crippen molar-refractivity contribution in [2.45, 2.75) is 25.8 Å². The molecule has 22 heavy (non-hydrogen) atoms. The fourth-order valence-electron chi connectivity index (χ4n) is 1.33. The van der Waals surface area contributed by atoms with Crippen LogP contribution in [0.1, 0.15) is 19.8 Å². The Labute approximate surface area is 128 Å². The molecule has 0 aliphatic rings. The van der Waals surface area contributed by atoms with Crippen LogP contribution in [0.25, 0.3) is 0 Å². The lowest BCUT2D eigenvalue weighted by Gasteiger charge is -2.08. The van der Waals surface area contributed by atoms with Crippen LogP contribution in [0.3, 0.4) is 0 Å². The van der Waals surface area contributed by atoms with Crippen molar-refractivity contribution < 1.29 is 19.8 Å². The van der Waals surface area contributed by atoms with Crippen LogP contribution in [-0.4, -0.2) is 40.7 Å². The van der Waals surface area contributed by atoms with Crippen LogP contribution in [0.4, 0.5) is 0 Å². The summed E-state index contributed by atoms with van der Waals surface area (Å²) < 4.78 is 0. The lowest BCUT2D eigenvalue weighted by atomic mass is 10.2. The van der Waals surface area contributed by atoms with Crippen LogP contribution in [0.2, 0.25) is 0 Å². The molecular formula is C14H22N4O4. The van der Waals surface area contributed by atoms with Crippen molar-refractivity contribution in [2.75, 3.05) is 6.54 Å². The van der Waals surface area contributed by atoms with Gasteiger partial charge in [-0.1, -0.05) is 18.2 Å². The third-order valence-electron chi connectivity index (χ3n) is 2.48. The van der Waals surface area contributed by atoms with E-state index >= 15 is 0 Å². The van der Waals surface area contributed by atoms with Crippen LogP contribution in [-0.2, 0) is 9.59 Å². The SMILES string of the molecule is C/C=C(/C=C/C=C/C(=O)O)\N=C(\N)NCCCC(N)C(=O)O. The summed E-state index contributed by atoms with van der Waals surface area (Å²) in [5.74, 6) is -1.88. The molecule has 0 rings (SSSR count). The van der Waals surface area contributed by atoms with Crippen molar-refractivity contribution >= 4 is 17.9 Å². The van der Waals surface area contributed by atoms with Gasteiger partial charge >= 0.3 is 11.9 Å². The van der Waals surface area contributed by atoms with Gasteiger partial charge in [0.15, 0.2) is 5.96 Å². The van der Waals surface area contributed by atoms with Gasteiger partial charge in [0.25, 0.3) is 0 Å². The van der Waals surface area contributed by atoms with Gasteiger partial charge < -0.3 is 27.0 Å². The minimum atomic E-state index is -1.03. The molecule has 0 saturated heterocycles. The highest BCUT2D eigenvalue weighted by Gasteiger charge is 2.09. The largest absolute Gasteiger partial charge is 0.480 e. The lowest BCUT2D eigenvalue weighted by molar-refractivity contribution is -0.138. The average molecular weight is 310 g/mol. The van der Waals surface area contributed by atoms with Crippen molar-refractivity contribution in [1.82, 2.24) is 5.32 Å². The number of guanidine groups is 1. The highest BCUT2D eigenvalue weighted by molar-refractivity contribution is 5.80. The number of hydrogen-bond donors (Lipinski definition) is 5. The molecule has 0 fully saturated rings. The summed E-state index contributed by atoms with van der Waals surface area (Å²) in [6, 6.07) is -0.880. The average Bonchev–Trinajstić information content (AvgIpc) is 2.46. The molecule has 122 valence electrons. The van der Waals surface area contributed by atoms with E-state index in [1.54, 1.807) is 19.1 Å². The standard InChI is InChI=1S/C14H22N4O4/c1-2-10(6-3-4-8-12(19)20)18-14(16)17-9-5-7-11(15)13(21)22/h2-4,6,8,11H,5,7,9,15H2,1H3,(H,19,20)(H,21,22)(H3,16,17,18)/b6-3+,8-4+,10-2-. The Morgan fingerprint density at radius 1 is 1.27 bits per heavy atom. The van der Waals surface area contributed by atoms with Gasteiger partial charge in [0.05, 0.1) is 5.70 Å². The highest BCUT2D eigenvalue weighted by Crippen LogP contribution is 1.99. The molecule has 0 aliphatic carbocycles. The summed E-state index contributed by atoms with van der Waals surface area (Å²) in [5.41, 5.74) is 11.6. The van der Waals surface area contributed by atoms with E-state index < -0.39 is 18.0 Å². The van der Waals surface area contributed by atoms with Crippen molar-refractivity contribution in [2.24, 2.45) is 16.5 Å². The third kappa shape index (κ3) is 10.2. The number of nitrogens with one attached hydrogen (secondary N) is 1. The van der Waals surface area contributed by atoms with Crippen molar-refractivity contribution in [3.05, 3.63) is 36.1 Å². The Balaban J connectivity index is 4.27. The Morgan fingerprint density at radius 3 is 2.45 bits per heavy atom. The van der Waals surface area contributed by atoms with Gasteiger partial charge in [-0.05, 0) is 25.8 Å². The van der Waals surface area contributed by atoms with Crippen LogP contribution in [0, 0.1) is 0 Å². The van der Waals surface area contributed by atoms with E-state index in [1.807, 2.05) is 0 Å². The maximum absolute atomic E-state index is 10.5. The molecule has 0 amide bonds. The minimum absolute atomic E-state index is 0.184. The first kappa shape index (κ1) is 19.4. The maximum Gasteiger partial charge on any atom is 0.328 e. The molecule has 8 nitrogen and oxygen atoms in total. The van der Waals surface area contributed by atoms with E-state index in [1.165, 1.54) is 12.2 Å². The quantitative estimate of drug-likeness (QED) is 0.134. The van der Waals surface area contributed by atoms with Gasteiger partial charge in [-0.3, -0.25) is 4.79 Å². The number of rotatable bonds is 9. The van der Waals surface area contributed by atoms with Crippen molar-refractivity contribution in [3.8, 4) is 0 Å². The molecule has 7 N–H and O–H groups in total. The molecule has 0 radical (unpaired) electrons. The molecule has 1 unspecified atom stereocenters. The zero-order chi connectivity index (χ0) is 17.0. The Hall–Kier alpha value is -2.61. The highest BCUT2D eigenvalue weighted by atomic mass is 16.4. The normalized spacial score (nSPS) is 14.5. The molecular weight excluding hydrogens is 288 g/mol. The number of aliphatic carboxylic acids is 2. The number of hydrogen-bond acceptors (Lipinski definition) is 4. The van der Waals surface area contributed by atoms with Gasteiger partial charge in [0, 0.05) is 12.6 Å². The van der Waals surface area contributed by atoms with E-state index in [9.17, 15) is 9.59 Å². The van der Waals surface area contributed by atoms with Gasteiger partial charge in [-0.2, -0.15) is 0 Å². The second-order valence-electron chi connectivity index (χ2n) is 4.28. The summed E-state index contributed by atoms with van der Waals surface area (Å²) >= 11 is 0. The van der Waals surface area contributed by atoms with E-state index in [2.05, 4.69) is 10.3 Å². The van der Waals surface area contributed by atoms with E-state index in [-0.39, 0.29) is 5.96 Å². The lowest BCUT2D eigenvalue weighted by Crippen LogP contribution is -2.34. The first-order chi connectivity index (χ1) is 10.4. The minimum Gasteiger partial charge on any atom is -0.480 e. The number of carboxylic acid groups (broad SMARTS) is 2. The predicted octanol–water partition coefficient (Wildman–Crippen LogP) is 0.184. The van der Waals surface area contributed by atoms with Crippen LogP contribution in [0.15, 0.2) is 41.1 Å². The second kappa shape index (κ2) is 11.1. The number of nitrogens with zero attached hydrogens (tertiary/aromatic N) is 1. The Bertz CT molecular complexity index is 495. The second-order valence-corrected chi connectivity index (χ2v) is 4.28. The Morgan fingerprint density at radius 2 is 1.91 bits per heavy atom. The van der Waals surface area contributed by atoms with Gasteiger partial charge in [0.2, 0.25) is 0 Å². The van der Waals surface area contributed by atoms with Crippen molar-refractivity contribution in [3.63, 3.8) is 0 Å². The first-order valence-electron chi connectivity index (χ1n) is 6.67. The van der Waals surface area contributed by atoms with Gasteiger partial charge in [0.1, 0.15) is 6.04 Å². The molecule has 1 atom stereocenters. The molecule has 0 heterocycles. The molecule has 0 aliphatic heterocycles. The molecule has 0 spiro atoms. The number of carbonyl (C=O) groups is 2. The smallest absolute Gasteiger partial charge is 0.328 e. The van der Waals surface area contributed by atoms with E-state index in [4.69, 9.17) is 21.7 Å². The molecule has 0 aromatic carbocycles. The number of carboxylic acids is 2. The van der Waals surface area contributed by atoms with E-state index in [0.717, 1.165) is 6.08 Å². The van der Waals surface area contributed by atoms with Gasteiger partial charge in [-0.25, -0.2) is 9.79 Å². The molecule has 0 bridgehead atoms. The molecule has 8 heteroatoms. The molecule has 0 aromatic rings. The summed E-state index contributed by atoms with van der Waals surface area (Å²) in [7, 11) is 0. The monoisotopic (exact) mass is 310 g/mol. The number of allylic oxidation sites excluding steroid dienone is 4. The number of nitrogens with two attached hydrogens (primary N) is 2. The zero-order valence-electron chi connectivity index (χ0n) is 12.4. The van der Waals surface area contributed by atoms with Crippen molar-refractivity contribution in [1.29, 1.82) is 0 Å². The summed E-state index contributed by atoms with van der Waals surface area (Å²) in [4.78, 5) is 24.9. The fourth-order valence-corrected chi connectivity index (χ4v) is 1.33. The molecule has 0 aromatic heterocycles. The maximum atomic E-state index is 10.5. The third-order valence-corrected chi connectivity index (χ3v) is 2.48. The predicted molar refractivity (Wildman–Crippen MR) is 84.1 cm³/mol. The summed E-state index contributed by atoms with van der Waals surface area (Å²) in [6.07, 6.45) is 8.11. The topological polar surface area (TPSA) is 151 Å². The summed E-state index contributed by atoms with van der Waals surface area (Å²) in [6.45, 7) is 2.22. The fraction of sp³-hybridized carbons (Fsp3) is 0.357. The zero-order valence-corrected chi connectivity index (χ0v) is 12.4. The number of aliphatic imine (C=N–C) groups is 1. The van der Waals surface area contributed by atoms with Crippen LogP contribution < -0.4 is 16.8 Å². The molecule has 0 saturated carbocycles. The first-order valence-corrected chi connectivity index (χ1v) is 6.67. The van der Waals surface area contributed by atoms with Crippen LogP contribution in [0.5, 0.6) is 0 Å². The Kier molecular flexibility index (Phi) is 9.78.